The Balaban J connectivity index is 1.61. The second-order valence-electron chi connectivity index (χ2n) is 5.57. The zero-order valence-electron chi connectivity index (χ0n) is 14.1. The molecule has 0 bridgehead atoms. The normalized spacial score (nSPS) is 11.8. The van der Waals surface area contributed by atoms with Gasteiger partial charge >= 0.3 is 0 Å². The molecule has 3 rings (SSSR count). The number of ether oxygens (including phenoxy) is 1. The molecule has 0 aliphatic carbocycles. The summed E-state index contributed by atoms with van der Waals surface area (Å²) in [6.07, 6.45) is 0. The van der Waals surface area contributed by atoms with Gasteiger partial charge in [0, 0.05) is 5.56 Å². The summed E-state index contributed by atoms with van der Waals surface area (Å²) in [5, 5.41) is 15.1. The van der Waals surface area contributed by atoms with Crippen LogP contribution in [0.1, 0.15) is 18.5 Å². The van der Waals surface area contributed by atoms with E-state index < -0.39 is 0 Å². The van der Waals surface area contributed by atoms with Crippen molar-refractivity contribution in [2.24, 2.45) is 0 Å². The number of aromatic nitrogens is 4. The van der Waals surface area contributed by atoms with E-state index in [0.29, 0.717) is 5.82 Å². The second-order valence-corrected chi connectivity index (χ2v) is 5.57. The molecule has 0 spiro atoms. The van der Waals surface area contributed by atoms with Crippen molar-refractivity contribution >= 4 is 5.91 Å². The smallest absolute Gasteiger partial charge is 0.244 e. The first-order valence-electron chi connectivity index (χ1n) is 7.92. The van der Waals surface area contributed by atoms with Gasteiger partial charge in [0.15, 0.2) is 0 Å². The molecule has 2 aromatic carbocycles. The summed E-state index contributed by atoms with van der Waals surface area (Å²) in [4.78, 5) is 13.5. The average Bonchev–Trinajstić information content (AvgIpc) is 3.10. The molecule has 1 aromatic heterocycles. The molecule has 1 amide bonds. The molecule has 128 valence electrons. The van der Waals surface area contributed by atoms with Crippen LogP contribution in [0.4, 0.5) is 0 Å². The van der Waals surface area contributed by atoms with E-state index in [-0.39, 0.29) is 18.5 Å². The van der Waals surface area contributed by atoms with Crippen molar-refractivity contribution in [3.05, 3.63) is 60.2 Å². The number of rotatable bonds is 6. The minimum atomic E-state index is -0.171. The lowest BCUT2D eigenvalue weighted by Crippen LogP contribution is -2.30. The number of carbonyl (C=O) groups is 1. The fraction of sp³-hybridized carbons (Fsp3) is 0.222. The van der Waals surface area contributed by atoms with Gasteiger partial charge in [0.1, 0.15) is 12.3 Å². The van der Waals surface area contributed by atoms with Gasteiger partial charge in [-0.05, 0) is 42.0 Å². The summed E-state index contributed by atoms with van der Waals surface area (Å²) < 4.78 is 5.12. The number of nitrogens with zero attached hydrogens (tertiary/aromatic N) is 4. The number of tetrazole rings is 1. The van der Waals surface area contributed by atoms with Crippen molar-refractivity contribution in [2.45, 2.75) is 19.5 Å². The third-order valence-corrected chi connectivity index (χ3v) is 3.76. The monoisotopic (exact) mass is 337 g/mol. The van der Waals surface area contributed by atoms with Crippen molar-refractivity contribution in [1.82, 2.24) is 25.5 Å². The van der Waals surface area contributed by atoms with E-state index in [1.807, 2.05) is 61.5 Å². The molecule has 0 fully saturated rings. The Kier molecular flexibility index (Phi) is 5.03. The maximum Gasteiger partial charge on any atom is 0.244 e. The number of methoxy groups -OCH3 is 1. The third-order valence-electron chi connectivity index (χ3n) is 3.76. The van der Waals surface area contributed by atoms with Crippen LogP contribution in [0.25, 0.3) is 11.4 Å². The molecule has 7 heteroatoms. The van der Waals surface area contributed by atoms with Gasteiger partial charge in [0.2, 0.25) is 11.7 Å². The summed E-state index contributed by atoms with van der Waals surface area (Å²) >= 11 is 0. The highest BCUT2D eigenvalue weighted by Crippen LogP contribution is 2.18. The topological polar surface area (TPSA) is 81.9 Å². The lowest BCUT2D eigenvalue weighted by atomic mass is 10.1. The SMILES string of the molecule is COc1ccc(-c2nnn(CC(=O)N[C@@H](C)c3ccccc3)n2)cc1. The van der Waals surface area contributed by atoms with Gasteiger partial charge in [-0.3, -0.25) is 4.79 Å². The Morgan fingerprint density at radius 1 is 1.16 bits per heavy atom. The van der Waals surface area contributed by atoms with Crippen LogP contribution >= 0.6 is 0 Å². The standard InChI is InChI=1S/C18H19N5O2/c1-13(14-6-4-3-5-7-14)19-17(24)12-23-21-18(20-22-23)15-8-10-16(25-2)11-9-15/h3-11,13H,12H2,1-2H3,(H,19,24)/t13-/m0/s1. The number of hydrogen-bond donors (Lipinski definition) is 1. The van der Waals surface area contributed by atoms with E-state index in [4.69, 9.17) is 4.74 Å². The number of nitrogens with one attached hydrogen (secondary N) is 1. The molecule has 0 saturated carbocycles. The van der Waals surface area contributed by atoms with Crippen LogP contribution in [0.5, 0.6) is 5.75 Å². The molecule has 0 saturated heterocycles. The molecule has 0 aliphatic heterocycles. The molecule has 0 unspecified atom stereocenters. The van der Waals surface area contributed by atoms with Gasteiger partial charge in [0.05, 0.1) is 13.2 Å². The van der Waals surface area contributed by atoms with Crippen LogP contribution in [0, 0.1) is 0 Å². The Labute approximate surface area is 145 Å². The molecular formula is C18H19N5O2. The number of hydrogen-bond acceptors (Lipinski definition) is 5. The van der Waals surface area contributed by atoms with E-state index in [1.54, 1.807) is 7.11 Å². The summed E-state index contributed by atoms with van der Waals surface area (Å²) in [5.74, 6) is 1.05. The van der Waals surface area contributed by atoms with Crippen molar-refractivity contribution in [2.75, 3.05) is 7.11 Å². The van der Waals surface area contributed by atoms with Crippen LogP contribution < -0.4 is 10.1 Å². The average molecular weight is 337 g/mol. The van der Waals surface area contributed by atoms with Crippen molar-refractivity contribution in [3.8, 4) is 17.1 Å². The molecule has 0 radical (unpaired) electrons. The van der Waals surface area contributed by atoms with Gasteiger partial charge in [0.25, 0.3) is 0 Å². The molecule has 7 nitrogen and oxygen atoms in total. The van der Waals surface area contributed by atoms with Gasteiger partial charge in [-0.2, -0.15) is 4.80 Å². The van der Waals surface area contributed by atoms with Crippen LogP contribution in [0.15, 0.2) is 54.6 Å². The van der Waals surface area contributed by atoms with Crippen molar-refractivity contribution < 1.29 is 9.53 Å². The van der Waals surface area contributed by atoms with Crippen LogP contribution in [-0.2, 0) is 11.3 Å². The number of carbonyl (C=O) groups excluding carboxylic acids is 1. The Hall–Kier alpha value is -3.22. The van der Waals surface area contributed by atoms with E-state index in [1.165, 1.54) is 4.80 Å². The Morgan fingerprint density at radius 3 is 2.56 bits per heavy atom. The fourth-order valence-electron chi connectivity index (χ4n) is 2.41. The molecule has 0 aliphatic rings. The quantitative estimate of drug-likeness (QED) is 0.746. The zero-order valence-corrected chi connectivity index (χ0v) is 14.1. The molecule has 1 heterocycles. The largest absolute Gasteiger partial charge is 0.497 e. The molecule has 1 atom stereocenters. The van der Waals surface area contributed by atoms with Gasteiger partial charge in [-0.1, -0.05) is 30.3 Å². The van der Waals surface area contributed by atoms with Gasteiger partial charge in [-0.25, -0.2) is 0 Å². The first kappa shape index (κ1) is 16.6. The highest BCUT2D eigenvalue weighted by atomic mass is 16.5. The summed E-state index contributed by atoms with van der Waals surface area (Å²) in [6, 6.07) is 17.0. The first-order valence-corrected chi connectivity index (χ1v) is 7.92. The van der Waals surface area contributed by atoms with E-state index in [2.05, 4.69) is 20.7 Å². The lowest BCUT2D eigenvalue weighted by molar-refractivity contribution is -0.122. The predicted molar refractivity (Wildman–Crippen MR) is 92.8 cm³/mol. The van der Waals surface area contributed by atoms with Crippen LogP contribution in [-0.4, -0.2) is 33.2 Å². The van der Waals surface area contributed by atoms with Gasteiger partial charge in [-0.15, -0.1) is 10.2 Å². The lowest BCUT2D eigenvalue weighted by Gasteiger charge is -2.13. The maximum absolute atomic E-state index is 12.2. The van der Waals surface area contributed by atoms with Crippen LogP contribution in [0.2, 0.25) is 0 Å². The minimum absolute atomic E-state index is 0.0142. The predicted octanol–water partition coefficient (Wildman–Crippen LogP) is 2.23. The summed E-state index contributed by atoms with van der Waals surface area (Å²) in [5.41, 5.74) is 1.85. The molecule has 25 heavy (non-hydrogen) atoms. The Bertz CT molecular complexity index is 830. The Morgan fingerprint density at radius 2 is 1.88 bits per heavy atom. The first-order chi connectivity index (χ1) is 12.2. The van der Waals surface area contributed by atoms with Crippen molar-refractivity contribution in [1.29, 1.82) is 0 Å². The fourth-order valence-corrected chi connectivity index (χ4v) is 2.41. The molecule has 3 aromatic rings. The van der Waals surface area contributed by atoms with Crippen LogP contribution in [0.3, 0.4) is 0 Å². The van der Waals surface area contributed by atoms with E-state index >= 15 is 0 Å². The highest BCUT2D eigenvalue weighted by Gasteiger charge is 2.12. The molecular weight excluding hydrogens is 318 g/mol. The van der Waals surface area contributed by atoms with Gasteiger partial charge < -0.3 is 10.1 Å². The molecule has 1 N–H and O–H groups in total. The summed E-state index contributed by atoms with van der Waals surface area (Å²) in [6.45, 7) is 1.95. The zero-order chi connectivity index (χ0) is 17.6. The number of benzene rings is 2. The maximum atomic E-state index is 12.2. The van der Waals surface area contributed by atoms with Crippen molar-refractivity contribution in [3.63, 3.8) is 0 Å². The third kappa shape index (κ3) is 4.20. The summed E-state index contributed by atoms with van der Waals surface area (Å²) in [7, 11) is 1.61. The van der Waals surface area contributed by atoms with E-state index in [9.17, 15) is 4.79 Å². The number of amides is 1. The minimum Gasteiger partial charge on any atom is -0.497 e. The second kappa shape index (κ2) is 7.57. The highest BCUT2D eigenvalue weighted by molar-refractivity contribution is 5.76. The van der Waals surface area contributed by atoms with E-state index in [0.717, 1.165) is 16.9 Å².